The Labute approximate surface area is 92.1 Å². The molecular formula is C9H10Cl2N2O. The fourth-order valence-electron chi connectivity index (χ4n) is 1.35. The molecule has 2 N–H and O–H groups in total. The zero-order valence-electron chi connectivity index (χ0n) is 7.37. The largest absolute Gasteiger partial charge is 0.391 e. The fourth-order valence-corrected chi connectivity index (χ4v) is 1.78. The van der Waals surface area contributed by atoms with Crippen LogP contribution in [0.15, 0.2) is 12.3 Å². The molecule has 1 aromatic heterocycles. The van der Waals surface area contributed by atoms with Gasteiger partial charge in [-0.1, -0.05) is 23.2 Å². The summed E-state index contributed by atoms with van der Waals surface area (Å²) in [5.74, 6) is 0.583. The van der Waals surface area contributed by atoms with Crippen LogP contribution in [0.5, 0.6) is 0 Å². The number of aromatic nitrogens is 1. The third kappa shape index (κ3) is 1.95. The molecule has 0 saturated heterocycles. The van der Waals surface area contributed by atoms with Crippen molar-refractivity contribution in [3.8, 4) is 0 Å². The van der Waals surface area contributed by atoms with Crippen molar-refractivity contribution in [1.29, 1.82) is 0 Å². The number of aliphatic hydroxyl groups excluding tert-OH is 1. The van der Waals surface area contributed by atoms with Crippen LogP contribution >= 0.6 is 23.2 Å². The van der Waals surface area contributed by atoms with Crippen molar-refractivity contribution >= 4 is 29.0 Å². The molecule has 1 aliphatic rings. The molecule has 1 aromatic rings. The number of hydrogen-bond donors (Lipinski definition) is 2. The van der Waals surface area contributed by atoms with E-state index >= 15 is 0 Å². The lowest BCUT2D eigenvalue weighted by Crippen LogP contribution is -2.42. The molecular weight excluding hydrogens is 223 g/mol. The Morgan fingerprint density at radius 2 is 2.21 bits per heavy atom. The second kappa shape index (κ2) is 3.93. The molecule has 0 aliphatic heterocycles. The zero-order chi connectivity index (χ0) is 10.1. The van der Waals surface area contributed by atoms with Crippen molar-refractivity contribution in [3.05, 3.63) is 22.3 Å². The van der Waals surface area contributed by atoms with E-state index in [9.17, 15) is 5.11 Å². The van der Waals surface area contributed by atoms with Crippen LogP contribution in [0.1, 0.15) is 12.8 Å². The first-order valence-electron chi connectivity index (χ1n) is 4.42. The van der Waals surface area contributed by atoms with Crippen LogP contribution in [0, 0.1) is 0 Å². The van der Waals surface area contributed by atoms with Gasteiger partial charge in [-0.25, -0.2) is 4.98 Å². The van der Waals surface area contributed by atoms with Crippen LogP contribution < -0.4 is 5.32 Å². The van der Waals surface area contributed by atoms with Gasteiger partial charge in [0.25, 0.3) is 0 Å². The Kier molecular flexibility index (Phi) is 2.81. The molecule has 76 valence electrons. The normalized spacial score (nSPS) is 25.6. The molecule has 2 rings (SSSR count). The Hall–Kier alpha value is -0.510. The second-order valence-electron chi connectivity index (χ2n) is 3.38. The number of rotatable bonds is 2. The van der Waals surface area contributed by atoms with Gasteiger partial charge in [-0.3, -0.25) is 0 Å². The standard InChI is InChI=1S/C9H10Cl2N2O/c10-5-3-6(11)9(12-4-5)13-7-1-2-8(7)14/h3-4,7-8,14H,1-2H2,(H,12,13)/t7-,8-/m1/s1. The number of nitrogens with zero attached hydrogens (tertiary/aromatic N) is 1. The summed E-state index contributed by atoms with van der Waals surface area (Å²) in [6, 6.07) is 1.70. The summed E-state index contributed by atoms with van der Waals surface area (Å²) in [5.41, 5.74) is 0. The van der Waals surface area contributed by atoms with E-state index in [1.54, 1.807) is 6.07 Å². The van der Waals surface area contributed by atoms with E-state index < -0.39 is 0 Å². The minimum Gasteiger partial charge on any atom is -0.391 e. The van der Waals surface area contributed by atoms with Gasteiger partial charge in [0.1, 0.15) is 5.82 Å². The van der Waals surface area contributed by atoms with Crippen molar-refractivity contribution in [3.63, 3.8) is 0 Å². The number of pyridine rings is 1. The third-order valence-electron chi connectivity index (χ3n) is 2.37. The van der Waals surface area contributed by atoms with E-state index in [1.807, 2.05) is 0 Å². The predicted octanol–water partition coefficient (Wildman–Crippen LogP) is 2.32. The highest BCUT2D eigenvalue weighted by atomic mass is 35.5. The Morgan fingerprint density at radius 1 is 1.43 bits per heavy atom. The summed E-state index contributed by atoms with van der Waals surface area (Å²) < 4.78 is 0. The first kappa shape index (κ1) is 10.0. The molecule has 14 heavy (non-hydrogen) atoms. The van der Waals surface area contributed by atoms with E-state index in [2.05, 4.69) is 10.3 Å². The second-order valence-corrected chi connectivity index (χ2v) is 4.22. The van der Waals surface area contributed by atoms with E-state index in [0.717, 1.165) is 12.8 Å². The minimum absolute atomic E-state index is 0.0705. The van der Waals surface area contributed by atoms with Gasteiger partial charge in [-0.2, -0.15) is 0 Å². The fraction of sp³-hybridized carbons (Fsp3) is 0.444. The highest BCUT2D eigenvalue weighted by Gasteiger charge is 2.29. The van der Waals surface area contributed by atoms with Crippen molar-refractivity contribution in [2.75, 3.05) is 5.32 Å². The molecule has 5 heteroatoms. The first-order valence-corrected chi connectivity index (χ1v) is 5.18. The molecule has 3 nitrogen and oxygen atoms in total. The Bertz CT molecular complexity index is 346. The van der Waals surface area contributed by atoms with E-state index in [1.165, 1.54) is 6.20 Å². The number of halogens is 2. The summed E-state index contributed by atoms with van der Waals surface area (Å²) >= 11 is 11.6. The number of anilines is 1. The van der Waals surface area contributed by atoms with Gasteiger partial charge in [0.2, 0.25) is 0 Å². The van der Waals surface area contributed by atoms with Crippen LogP contribution in [0.2, 0.25) is 10.0 Å². The molecule has 0 spiro atoms. The molecule has 0 amide bonds. The average molecular weight is 233 g/mol. The number of hydrogen-bond acceptors (Lipinski definition) is 3. The summed E-state index contributed by atoms with van der Waals surface area (Å²) in [5, 5.41) is 13.4. The number of aliphatic hydroxyl groups is 1. The Morgan fingerprint density at radius 3 is 2.71 bits per heavy atom. The maximum absolute atomic E-state index is 9.36. The van der Waals surface area contributed by atoms with Crippen LogP contribution in [0.3, 0.4) is 0 Å². The van der Waals surface area contributed by atoms with E-state index in [4.69, 9.17) is 23.2 Å². The van der Waals surface area contributed by atoms with Crippen molar-refractivity contribution < 1.29 is 5.11 Å². The van der Waals surface area contributed by atoms with Crippen molar-refractivity contribution in [1.82, 2.24) is 4.98 Å². The number of nitrogens with one attached hydrogen (secondary N) is 1. The first-order chi connectivity index (χ1) is 6.66. The molecule has 1 aliphatic carbocycles. The van der Waals surface area contributed by atoms with E-state index in [0.29, 0.717) is 15.9 Å². The van der Waals surface area contributed by atoms with Crippen LogP contribution in [0.25, 0.3) is 0 Å². The highest BCUT2D eigenvalue weighted by molar-refractivity contribution is 6.35. The maximum atomic E-state index is 9.36. The molecule has 1 saturated carbocycles. The maximum Gasteiger partial charge on any atom is 0.145 e. The predicted molar refractivity (Wildman–Crippen MR) is 56.9 cm³/mol. The highest BCUT2D eigenvalue weighted by Crippen LogP contribution is 2.28. The zero-order valence-corrected chi connectivity index (χ0v) is 8.89. The topological polar surface area (TPSA) is 45.1 Å². The van der Waals surface area contributed by atoms with E-state index in [-0.39, 0.29) is 12.1 Å². The van der Waals surface area contributed by atoms with Gasteiger partial charge in [0, 0.05) is 6.20 Å². The molecule has 2 atom stereocenters. The summed E-state index contributed by atoms with van der Waals surface area (Å²) in [6.45, 7) is 0. The molecule has 0 unspecified atom stereocenters. The van der Waals surface area contributed by atoms with Gasteiger partial charge in [-0.15, -0.1) is 0 Å². The summed E-state index contributed by atoms with van der Waals surface area (Å²) in [6.07, 6.45) is 3.02. The molecule has 1 heterocycles. The average Bonchev–Trinajstić information content (AvgIpc) is 2.14. The summed E-state index contributed by atoms with van der Waals surface area (Å²) in [7, 11) is 0. The van der Waals surface area contributed by atoms with Crippen LogP contribution in [-0.2, 0) is 0 Å². The third-order valence-corrected chi connectivity index (χ3v) is 2.86. The monoisotopic (exact) mass is 232 g/mol. The quantitative estimate of drug-likeness (QED) is 0.823. The Balaban J connectivity index is 2.09. The van der Waals surface area contributed by atoms with Crippen LogP contribution in [-0.4, -0.2) is 22.2 Å². The van der Waals surface area contributed by atoms with Crippen LogP contribution in [0.4, 0.5) is 5.82 Å². The van der Waals surface area contributed by atoms with Gasteiger partial charge < -0.3 is 10.4 Å². The van der Waals surface area contributed by atoms with Gasteiger partial charge in [-0.05, 0) is 18.9 Å². The molecule has 0 radical (unpaired) electrons. The molecule has 0 bridgehead atoms. The summed E-state index contributed by atoms with van der Waals surface area (Å²) in [4.78, 5) is 4.05. The van der Waals surface area contributed by atoms with Crippen molar-refractivity contribution in [2.24, 2.45) is 0 Å². The SMILES string of the molecule is O[C@@H]1CC[C@H]1Nc1ncc(Cl)cc1Cl. The van der Waals surface area contributed by atoms with Gasteiger partial charge in [0.15, 0.2) is 0 Å². The molecule has 0 aromatic carbocycles. The smallest absolute Gasteiger partial charge is 0.145 e. The minimum atomic E-state index is -0.288. The lowest BCUT2D eigenvalue weighted by Gasteiger charge is -2.33. The molecule has 1 fully saturated rings. The van der Waals surface area contributed by atoms with Gasteiger partial charge in [0.05, 0.1) is 22.2 Å². The lowest BCUT2D eigenvalue weighted by molar-refractivity contribution is 0.0784. The lowest BCUT2D eigenvalue weighted by atomic mass is 9.89. The van der Waals surface area contributed by atoms with Gasteiger partial charge >= 0.3 is 0 Å². The van der Waals surface area contributed by atoms with Crippen molar-refractivity contribution in [2.45, 2.75) is 25.0 Å².